The number of hydrogen-bond acceptors (Lipinski definition) is 4. The van der Waals surface area contributed by atoms with Gasteiger partial charge < -0.3 is 0 Å². The highest BCUT2D eigenvalue weighted by atomic mass is 32.2. The molecule has 0 atom stereocenters. The maximum absolute atomic E-state index is 11.1. The molecule has 6 nitrogen and oxygen atoms in total. The zero-order valence-electron chi connectivity index (χ0n) is 7.67. The van der Waals surface area contributed by atoms with E-state index in [0.717, 1.165) is 18.4 Å². The topological polar surface area (TPSA) is 81.6 Å². The third kappa shape index (κ3) is 2.30. The summed E-state index contributed by atoms with van der Waals surface area (Å²) in [4.78, 5) is 12.5. The highest BCUT2D eigenvalue weighted by Gasteiger charge is 2.18. The van der Waals surface area contributed by atoms with E-state index < -0.39 is 20.4 Å². The molecule has 0 aromatic heterocycles. The molecule has 0 heterocycles. The van der Waals surface area contributed by atoms with Gasteiger partial charge in [-0.15, -0.1) is 0 Å². The Morgan fingerprint density at radius 2 is 2.07 bits per heavy atom. The van der Waals surface area contributed by atoms with Crippen molar-refractivity contribution in [3.63, 3.8) is 0 Å². The summed E-state index contributed by atoms with van der Waals surface area (Å²) in [7, 11) is -3.49. The van der Waals surface area contributed by atoms with Gasteiger partial charge in [-0.05, 0) is 6.07 Å². The number of benzene rings is 1. The molecule has 0 fully saturated rings. The summed E-state index contributed by atoms with van der Waals surface area (Å²) in [6, 6.07) is 3.19. The highest BCUT2D eigenvalue weighted by Crippen LogP contribution is 2.29. The number of rotatable bonds is 2. The lowest BCUT2D eigenvalue weighted by Crippen LogP contribution is -1.98. The Kier molecular flexibility index (Phi) is 2.72. The van der Waals surface area contributed by atoms with Crippen LogP contribution in [0.1, 0.15) is 0 Å². The first-order chi connectivity index (χ1) is 6.86. The van der Waals surface area contributed by atoms with E-state index in [1.54, 1.807) is 0 Å². The molecule has 0 aliphatic heterocycles. The van der Waals surface area contributed by atoms with E-state index in [1.165, 1.54) is 6.07 Å². The SMILES string of the molecule is [C-]#[N+]c1ccc(S(C)(=O)=O)cc1[N+](=O)[O-]. The molecule has 0 saturated heterocycles. The molecule has 0 N–H and O–H groups in total. The minimum Gasteiger partial charge on any atom is -0.260 e. The van der Waals surface area contributed by atoms with Gasteiger partial charge in [0.2, 0.25) is 0 Å². The fraction of sp³-hybridized carbons (Fsp3) is 0.125. The van der Waals surface area contributed by atoms with Gasteiger partial charge in [0.05, 0.1) is 16.4 Å². The summed E-state index contributed by atoms with van der Waals surface area (Å²) in [6.45, 7) is 6.68. The van der Waals surface area contributed by atoms with Crippen molar-refractivity contribution >= 4 is 21.2 Å². The van der Waals surface area contributed by atoms with Gasteiger partial charge in [0.15, 0.2) is 9.84 Å². The van der Waals surface area contributed by atoms with Crippen LogP contribution in [-0.2, 0) is 9.84 Å². The maximum Gasteiger partial charge on any atom is 0.280 e. The second-order valence-electron chi connectivity index (χ2n) is 2.79. The molecule has 1 aromatic carbocycles. The summed E-state index contributed by atoms with van der Waals surface area (Å²) < 4.78 is 22.2. The zero-order chi connectivity index (χ0) is 11.6. The second kappa shape index (κ2) is 3.67. The summed E-state index contributed by atoms with van der Waals surface area (Å²) in [5.41, 5.74) is -0.666. The molecule has 0 aliphatic carbocycles. The monoisotopic (exact) mass is 226 g/mol. The third-order valence-electron chi connectivity index (χ3n) is 1.69. The van der Waals surface area contributed by atoms with Crippen LogP contribution in [0, 0.1) is 16.7 Å². The fourth-order valence-electron chi connectivity index (χ4n) is 0.975. The molecule has 7 heteroatoms. The van der Waals surface area contributed by atoms with E-state index in [0.29, 0.717) is 0 Å². The Balaban J connectivity index is 3.50. The molecular formula is C8H6N2O4S. The van der Waals surface area contributed by atoms with E-state index in [-0.39, 0.29) is 10.6 Å². The average Bonchev–Trinajstić information content (AvgIpc) is 2.15. The van der Waals surface area contributed by atoms with Gasteiger partial charge in [-0.2, -0.15) is 0 Å². The predicted molar refractivity (Wildman–Crippen MR) is 52.5 cm³/mol. The van der Waals surface area contributed by atoms with Crippen molar-refractivity contribution < 1.29 is 13.3 Å². The quantitative estimate of drug-likeness (QED) is 0.435. The largest absolute Gasteiger partial charge is 0.280 e. The molecule has 15 heavy (non-hydrogen) atoms. The van der Waals surface area contributed by atoms with Crippen molar-refractivity contribution in [3.05, 3.63) is 39.7 Å². The number of nitro benzene ring substituents is 1. The molecule has 1 rings (SSSR count). The van der Waals surface area contributed by atoms with Crippen LogP contribution in [0.2, 0.25) is 0 Å². The van der Waals surface area contributed by atoms with E-state index in [1.807, 2.05) is 0 Å². The Bertz CT molecular complexity index is 556. The predicted octanol–water partition coefficient (Wildman–Crippen LogP) is 1.55. The van der Waals surface area contributed by atoms with Crippen LogP contribution in [0.15, 0.2) is 23.1 Å². The number of nitro groups is 1. The lowest BCUT2D eigenvalue weighted by molar-refractivity contribution is -0.384. The van der Waals surface area contributed by atoms with E-state index in [2.05, 4.69) is 4.85 Å². The molecule has 0 spiro atoms. The van der Waals surface area contributed by atoms with E-state index in [4.69, 9.17) is 6.57 Å². The van der Waals surface area contributed by atoms with Gasteiger partial charge in [0.1, 0.15) is 0 Å². The zero-order valence-corrected chi connectivity index (χ0v) is 8.48. The Labute approximate surface area is 86.0 Å². The Morgan fingerprint density at radius 3 is 2.47 bits per heavy atom. The van der Waals surface area contributed by atoms with Crippen molar-refractivity contribution in [1.82, 2.24) is 0 Å². The molecular weight excluding hydrogens is 220 g/mol. The van der Waals surface area contributed by atoms with Crippen LogP contribution >= 0.6 is 0 Å². The summed E-state index contributed by atoms with van der Waals surface area (Å²) in [5.74, 6) is 0. The normalized spacial score (nSPS) is 10.7. The van der Waals surface area contributed by atoms with Crippen molar-refractivity contribution in [3.8, 4) is 0 Å². The summed E-state index contributed by atoms with van der Waals surface area (Å²) in [5, 5.41) is 10.5. The minimum absolute atomic E-state index is 0.165. The number of sulfone groups is 1. The molecule has 1 aromatic rings. The van der Waals surface area contributed by atoms with Crippen LogP contribution in [0.4, 0.5) is 11.4 Å². The van der Waals surface area contributed by atoms with Crippen molar-refractivity contribution in [2.75, 3.05) is 6.26 Å². The van der Waals surface area contributed by atoms with Gasteiger partial charge in [-0.25, -0.2) is 13.3 Å². The van der Waals surface area contributed by atoms with Crippen LogP contribution < -0.4 is 0 Å². The maximum atomic E-state index is 11.1. The van der Waals surface area contributed by atoms with Crippen LogP contribution in [-0.4, -0.2) is 19.6 Å². The third-order valence-corrected chi connectivity index (χ3v) is 2.80. The van der Waals surface area contributed by atoms with Crippen molar-refractivity contribution in [2.45, 2.75) is 4.90 Å². The van der Waals surface area contributed by atoms with Gasteiger partial charge in [0.25, 0.3) is 11.4 Å². The minimum atomic E-state index is -3.49. The first-order valence-electron chi connectivity index (χ1n) is 3.72. The molecule has 0 unspecified atom stereocenters. The van der Waals surface area contributed by atoms with Gasteiger partial charge in [-0.3, -0.25) is 10.1 Å². The smallest absolute Gasteiger partial charge is 0.260 e. The van der Waals surface area contributed by atoms with Crippen LogP contribution in [0.5, 0.6) is 0 Å². The molecule has 0 saturated carbocycles. The first-order valence-corrected chi connectivity index (χ1v) is 5.61. The Morgan fingerprint density at radius 1 is 1.47 bits per heavy atom. The van der Waals surface area contributed by atoms with Gasteiger partial charge in [0, 0.05) is 12.3 Å². The molecule has 78 valence electrons. The lowest BCUT2D eigenvalue weighted by Gasteiger charge is -1.99. The van der Waals surface area contributed by atoms with Crippen LogP contribution in [0.3, 0.4) is 0 Å². The van der Waals surface area contributed by atoms with Gasteiger partial charge in [-0.1, -0.05) is 6.07 Å². The van der Waals surface area contributed by atoms with E-state index in [9.17, 15) is 18.5 Å². The highest BCUT2D eigenvalue weighted by molar-refractivity contribution is 7.90. The average molecular weight is 226 g/mol. The Hall–Kier alpha value is -1.94. The molecule has 0 radical (unpaired) electrons. The number of hydrogen-bond donors (Lipinski definition) is 0. The second-order valence-corrected chi connectivity index (χ2v) is 4.81. The fourth-order valence-corrected chi connectivity index (χ4v) is 1.62. The first kappa shape index (κ1) is 11.1. The standard InChI is InChI=1S/C8H6N2O4S/c1-9-7-4-3-6(15(2,13)14)5-8(7)10(11)12/h3-5H,2H3. The lowest BCUT2D eigenvalue weighted by atomic mass is 10.3. The van der Waals surface area contributed by atoms with Crippen molar-refractivity contribution in [1.29, 1.82) is 0 Å². The van der Waals surface area contributed by atoms with Crippen molar-refractivity contribution in [2.24, 2.45) is 0 Å². The number of nitrogens with zero attached hydrogens (tertiary/aromatic N) is 2. The van der Waals surface area contributed by atoms with Crippen LogP contribution in [0.25, 0.3) is 4.85 Å². The molecule has 0 bridgehead atoms. The molecule has 0 aliphatic rings. The summed E-state index contributed by atoms with van der Waals surface area (Å²) >= 11 is 0. The van der Waals surface area contributed by atoms with Gasteiger partial charge >= 0.3 is 0 Å². The molecule has 0 amide bonds. The summed E-state index contributed by atoms with van der Waals surface area (Å²) in [6.07, 6.45) is 0.948. The van der Waals surface area contributed by atoms with E-state index >= 15 is 0 Å².